The monoisotopic (exact) mass is 452 g/mol. The number of nitrogens with one attached hydrogen (secondary N) is 2. The number of anilines is 1. The number of nitrogens with zero attached hydrogens (tertiary/aromatic N) is 1. The first-order chi connectivity index (χ1) is 14.9. The van der Waals surface area contributed by atoms with Gasteiger partial charge in [0.1, 0.15) is 0 Å². The minimum atomic E-state index is -4.36. The van der Waals surface area contributed by atoms with Crippen molar-refractivity contribution < 1.29 is 17.9 Å². The largest absolute Gasteiger partial charge is 0.416 e. The third-order valence-electron chi connectivity index (χ3n) is 4.32. The van der Waals surface area contributed by atoms with Gasteiger partial charge in [0.25, 0.3) is 0 Å². The topological polar surface area (TPSA) is 71.7 Å². The second-order valence-corrected chi connectivity index (χ2v) is 7.59. The molecule has 2 rings (SSSR count). The highest BCUT2D eigenvalue weighted by Gasteiger charge is 2.29. The second kappa shape index (κ2) is 12.4. The van der Waals surface area contributed by atoms with Crippen molar-refractivity contribution in [2.45, 2.75) is 6.18 Å². The minimum Gasteiger partial charge on any atom is -0.398 e. The maximum Gasteiger partial charge on any atom is 0.416 e. The molecule has 0 radical (unpaired) electrons. The number of allylic oxidation sites excluding steroid dienone is 1. The summed E-state index contributed by atoms with van der Waals surface area (Å²) in [6.45, 7) is 1.76. The van der Waals surface area contributed by atoms with E-state index in [0.717, 1.165) is 34.7 Å². The third-order valence-corrected chi connectivity index (χ3v) is 5.02. The van der Waals surface area contributed by atoms with Crippen LogP contribution >= 0.6 is 11.9 Å². The number of alkyl halides is 3. The zero-order valence-electron chi connectivity index (χ0n) is 17.5. The molecule has 0 unspecified atom stereocenters. The Kier molecular flexibility index (Phi) is 9.90. The molecule has 168 valence electrons. The van der Waals surface area contributed by atoms with Gasteiger partial charge in [-0.2, -0.15) is 13.2 Å². The Morgan fingerprint density at radius 1 is 1.16 bits per heavy atom. The highest BCUT2D eigenvalue weighted by molar-refractivity contribution is 7.97. The van der Waals surface area contributed by atoms with Gasteiger partial charge in [0.15, 0.2) is 0 Å². The lowest BCUT2D eigenvalue weighted by atomic mass is 9.99. The van der Waals surface area contributed by atoms with E-state index in [2.05, 4.69) is 15.0 Å². The summed E-state index contributed by atoms with van der Waals surface area (Å²) < 4.78 is 46.5. The predicted molar refractivity (Wildman–Crippen MR) is 124 cm³/mol. The number of hydrogen-bond donors (Lipinski definition) is 3. The van der Waals surface area contributed by atoms with Crippen molar-refractivity contribution in [3.8, 4) is 11.1 Å². The molecule has 31 heavy (non-hydrogen) atoms. The zero-order chi connectivity index (χ0) is 22.7. The molecular weight excluding hydrogens is 425 g/mol. The van der Waals surface area contributed by atoms with Gasteiger partial charge in [-0.3, -0.25) is 9.71 Å². The van der Waals surface area contributed by atoms with E-state index in [1.165, 1.54) is 12.1 Å². The minimum absolute atomic E-state index is 0.499. The molecule has 0 saturated heterocycles. The van der Waals surface area contributed by atoms with Crippen molar-refractivity contribution in [1.82, 2.24) is 4.72 Å². The molecule has 0 bridgehead atoms. The van der Waals surface area contributed by atoms with Crippen LogP contribution in [0.5, 0.6) is 0 Å². The van der Waals surface area contributed by atoms with Gasteiger partial charge in [0.05, 0.1) is 18.7 Å². The van der Waals surface area contributed by atoms with Crippen LogP contribution in [0, 0.1) is 0 Å². The summed E-state index contributed by atoms with van der Waals surface area (Å²) in [6.07, 6.45) is -1.03. The van der Waals surface area contributed by atoms with Crippen LogP contribution in [-0.2, 0) is 10.9 Å². The highest BCUT2D eigenvalue weighted by atomic mass is 32.2. The van der Waals surface area contributed by atoms with E-state index >= 15 is 0 Å². The van der Waals surface area contributed by atoms with Crippen LogP contribution in [0.3, 0.4) is 0 Å². The Morgan fingerprint density at radius 2 is 1.87 bits per heavy atom. The predicted octanol–water partition coefficient (Wildman–Crippen LogP) is 4.67. The first kappa shape index (κ1) is 24.8. The Bertz CT molecular complexity index is 883. The summed E-state index contributed by atoms with van der Waals surface area (Å²) >= 11 is 1.58. The van der Waals surface area contributed by atoms with Crippen molar-refractivity contribution in [2.24, 2.45) is 10.7 Å². The van der Waals surface area contributed by atoms with Gasteiger partial charge in [0.2, 0.25) is 0 Å². The van der Waals surface area contributed by atoms with Gasteiger partial charge in [-0.25, -0.2) is 0 Å². The first-order valence-corrected chi connectivity index (χ1v) is 10.6. The van der Waals surface area contributed by atoms with Crippen LogP contribution in [0.15, 0.2) is 53.5 Å². The fourth-order valence-corrected chi connectivity index (χ4v) is 3.16. The first-order valence-electron chi connectivity index (χ1n) is 9.65. The lowest BCUT2D eigenvalue weighted by molar-refractivity contribution is -0.137. The number of hydrogen-bond acceptors (Lipinski definition) is 6. The number of rotatable bonds is 11. The van der Waals surface area contributed by atoms with E-state index in [4.69, 9.17) is 10.5 Å². The number of ether oxygens (including phenoxy) is 1. The van der Waals surface area contributed by atoms with Crippen LogP contribution < -0.4 is 15.8 Å². The van der Waals surface area contributed by atoms with Crippen LogP contribution in [-0.4, -0.2) is 45.8 Å². The molecular formula is C22H27F3N4OS. The summed E-state index contributed by atoms with van der Waals surface area (Å²) in [5, 5.41) is 3.35. The second-order valence-electron chi connectivity index (χ2n) is 6.48. The van der Waals surface area contributed by atoms with Crippen molar-refractivity contribution in [1.29, 1.82) is 0 Å². The van der Waals surface area contributed by atoms with Gasteiger partial charge in [-0.1, -0.05) is 30.1 Å². The maximum absolute atomic E-state index is 12.9. The third kappa shape index (κ3) is 7.93. The van der Waals surface area contributed by atoms with E-state index in [1.807, 2.05) is 25.2 Å². The Labute approximate surface area is 185 Å². The van der Waals surface area contributed by atoms with Crippen LogP contribution in [0.2, 0.25) is 0 Å². The summed E-state index contributed by atoms with van der Waals surface area (Å²) in [4.78, 5) is 4.21. The standard InChI is InChI=1S/C22H27F3N4OS/c1-27-31-14-12-29-21-8-5-17(16-3-6-18(7-4-16)22(23,24)25)15-19(21)20(26)9-10-28-11-13-30-2/h3-10,15,27,29H,11-14,26H2,1-2H3/b20-9-,28-10?. The summed E-state index contributed by atoms with van der Waals surface area (Å²) in [6, 6.07) is 10.7. The van der Waals surface area contributed by atoms with Crippen molar-refractivity contribution in [3.05, 3.63) is 59.7 Å². The van der Waals surface area contributed by atoms with Crippen molar-refractivity contribution >= 4 is 29.5 Å². The van der Waals surface area contributed by atoms with Gasteiger partial charge < -0.3 is 15.8 Å². The van der Waals surface area contributed by atoms with Gasteiger partial charge in [0, 0.05) is 42.6 Å². The number of methoxy groups -OCH3 is 1. The fraction of sp³-hybridized carbons (Fsp3) is 0.318. The normalized spacial score (nSPS) is 12.5. The molecule has 4 N–H and O–H groups in total. The van der Waals surface area contributed by atoms with Crippen molar-refractivity contribution in [3.63, 3.8) is 0 Å². The molecule has 0 aliphatic heterocycles. The Balaban J connectivity index is 2.31. The molecule has 0 saturated carbocycles. The van der Waals surface area contributed by atoms with Gasteiger partial charge >= 0.3 is 6.18 Å². The average molecular weight is 453 g/mol. The maximum atomic E-state index is 12.9. The lowest BCUT2D eigenvalue weighted by Gasteiger charge is -2.15. The number of halogens is 3. The van der Waals surface area contributed by atoms with Crippen LogP contribution in [0.4, 0.5) is 18.9 Å². The summed E-state index contributed by atoms with van der Waals surface area (Å²) in [7, 11) is 3.47. The molecule has 2 aromatic carbocycles. The fourth-order valence-electron chi connectivity index (χ4n) is 2.75. The molecule has 9 heteroatoms. The zero-order valence-corrected chi connectivity index (χ0v) is 18.3. The molecule has 0 spiro atoms. The molecule has 0 aliphatic carbocycles. The molecule has 0 atom stereocenters. The van der Waals surface area contributed by atoms with Gasteiger partial charge in [-0.15, -0.1) is 0 Å². The molecule has 0 amide bonds. The van der Waals surface area contributed by atoms with Crippen molar-refractivity contribution in [2.75, 3.05) is 44.9 Å². The quantitative estimate of drug-likeness (QED) is 0.263. The number of nitrogens with two attached hydrogens (primary N) is 1. The molecule has 0 aromatic heterocycles. The van der Waals surface area contributed by atoms with E-state index in [-0.39, 0.29) is 0 Å². The molecule has 0 heterocycles. The van der Waals surface area contributed by atoms with Crippen LogP contribution in [0.25, 0.3) is 16.8 Å². The van der Waals surface area contributed by atoms with E-state index < -0.39 is 11.7 Å². The van der Waals surface area contributed by atoms with Gasteiger partial charge in [-0.05, 0) is 48.5 Å². The summed E-state index contributed by atoms with van der Waals surface area (Å²) in [5.41, 5.74) is 9.16. The van der Waals surface area contributed by atoms with E-state index in [1.54, 1.807) is 31.3 Å². The van der Waals surface area contributed by atoms with Crippen LogP contribution in [0.1, 0.15) is 11.1 Å². The van der Waals surface area contributed by atoms with E-state index in [9.17, 15) is 13.2 Å². The smallest absolute Gasteiger partial charge is 0.398 e. The number of benzene rings is 2. The highest BCUT2D eigenvalue weighted by Crippen LogP contribution is 2.32. The average Bonchev–Trinajstić information content (AvgIpc) is 2.76. The molecule has 2 aromatic rings. The summed E-state index contributed by atoms with van der Waals surface area (Å²) in [5.74, 6) is 0.846. The molecule has 5 nitrogen and oxygen atoms in total. The molecule has 0 aliphatic rings. The number of aliphatic imine (C=N–C) groups is 1. The van der Waals surface area contributed by atoms with E-state index in [0.29, 0.717) is 31.0 Å². The Morgan fingerprint density at radius 3 is 2.52 bits per heavy atom. The Hall–Kier alpha value is -2.49. The SMILES string of the molecule is CNSCCNc1ccc(-c2ccc(C(F)(F)F)cc2)cc1/C(N)=C/C=NCCOC. The lowest BCUT2D eigenvalue weighted by Crippen LogP contribution is -2.10. The molecule has 0 fully saturated rings.